The van der Waals surface area contributed by atoms with E-state index in [-0.39, 0.29) is 0 Å². The van der Waals surface area contributed by atoms with E-state index in [1.165, 1.54) is 5.56 Å². The molecule has 1 heterocycles. The first-order valence-corrected chi connectivity index (χ1v) is 6.34. The first-order chi connectivity index (χ1) is 9.25. The maximum Gasteiger partial charge on any atom is 0.174 e. The standard InChI is InChI=1S/C17H15NO/c1-12-7-6-10-15(11-12)16-13(2)18-19-17(16)14-8-4-3-5-9-14/h3-11H,1-2H3. The van der Waals surface area contributed by atoms with Crippen molar-refractivity contribution in [1.29, 1.82) is 0 Å². The monoisotopic (exact) mass is 249 g/mol. The van der Waals surface area contributed by atoms with Crippen molar-refractivity contribution in [3.8, 4) is 22.5 Å². The van der Waals surface area contributed by atoms with Crippen molar-refractivity contribution >= 4 is 0 Å². The number of aromatic nitrogens is 1. The summed E-state index contributed by atoms with van der Waals surface area (Å²) in [4.78, 5) is 0. The minimum absolute atomic E-state index is 0.837. The first-order valence-electron chi connectivity index (χ1n) is 6.34. The van der Waals surface area contributed by atoms with Gasteiger partial charge in [0.2, 0.25) is 0 Å². The van der Waals surface area contributed by atoms with Crippen LogP contribution in [0.25, 0.3) is 22.5 Å². The lowest BCUT2D eigenvalue weighted by atomic mass is 9.99. The SMILES string of the molecule is Cc1cccc(-c2c(C)noc2-c2ccccc2)c1. The smallest absolute Gasteiger partial charge is 0.174 e. The first kappa shape index (κ1) is 11.7. The fourth-order valence-corrected chi connectivity index (χ4v) is 2.30. The third kappa shape index (κ3) is 2.17. The summed E-state index contributed by atoms with van der Waals surface area (Å²) in [6, 6.07) is 18.5. The Bertz CT molecular complexity index is 698. The molecule has 2 aromatic carbocycles. The summed E-state index contributed by atoms with van der Waals surface area (Å²) in [6.07, 6.45) is 0. The number of nitrogens with zero attached hydrogens (tertiary/aromatic N) is 1. The Labute approximate surface area is 112 Å². The van der Waals surface area contributed by atoms with E-state index in [1.807, 2.05) is 37.3 Å². The molecule has 3 rings (SSSR count). The van der Waals surface area contributed by atoms with Gasteiger partial charge in [-0.3, -0.25) is 0 Å². The van der Waals surface area contributed by atoms with Crippen molar-refractivity contribution in [2.75, 3.05) is 0 Å². The highest BCUT2D eigenvalue weighted by atomic mass is 16.5. The molecule has 0 saturated carbocycles. The van der Waals surface area contributed by atoms with Gasteiger partial charge in [0.05, 0.1) is 11.3 Å². The van der Waals surface area contributed by atoms with E-state index < -0.39 is 0 Å². The average Bonchev–Trinajstić information content (AvgIpc) is 2.82. The molecule has 1 aromatic heterocycles. The molecule has 0 radical (unpaired) electrons. The number of aryl methyl sites for hydroxylation is 2. The van der Waals surface area contributed by atoms with Crippen molar-refractivity contribution < 1.29 is 4.52 Å². The zero-order valence-electron chi connectivity index (χ0n) is 11.1. The van der Waals surface area contributed by atoms with Crippen LogP contribution in [0, 0.1) is 13.8 Å². The molecule has 0 aliphatic heterocycles. The third-order valence-electron chi connectivity index (χ3n) is 3.21. The average molecular weight is 249 g/mol. The topological polar surface area (TPSA) is 26.0 Å². The zero-order chi connectivity index (χ0) is 13.2. The fraction of sp³-hybridized carbons (Fsp3) is 0.118. The Balaban J connectivity index is 2.20. The summed E-state index contributed by atoms with van der Waals surface area (Å²) in [5.41, 5.74) is 5.44. The van der Waals surface area contributed by atoms with Crippen LogP contribution in [-0.2, 0) is 0 Å². The maximum atomic E-state index is 5.53. The number of benzene rings is 2. The van der Waals surface area contributed by atoms with E-state index in [1.54, 1.807) is 0 Å². The van der Waals surface area contributed by atoms with Crippen molar-refractivity contribution in [2.45, 2.75) is 13.8 Å². The number of hydrogen-bond acceptors (Lipinski definition) is 2. The predicted octanol–water partition coefficient (Wildman–Crippen LogP) is 4.63. The Kier molecular flexibility index (Phi) is 2.92. The molecule has 0 atom stereocenters. The van der Waals surface area contributed by atoms with Crippen LogP contribution in [0.1, 0.15) is 11.3 Å². The minimum Gasteiger partial charge on any atom is -0.355 e. The van der Waals surface area contributed by atoms with Gasteiger partial charge in [-0.15, -0.1) is 0 Å². The predicted molar refractivity (Wildman–Crippen MR) is 76.8 cm³/mol. The Morgan fingerprint density at radius 1 is 0.842 bits per heavy atom. The highest BCUT2D eigenvalue weighted by Crippen LogP contribution is 2.34. The molecule has 0 aliphatic carbocycles. The molecule has 2 nitrogen and oxygen atoms in total. The van der Waals surface area contributed by atoms with Gasteiger partial charge in [-0.05, 0) is 19.4 Å². The van der Waals surface area contributed by atoms with E-state index in [2.05, 4.69) is 36.3 Å². The van der Waals surface area contributed by atoms with Gasteiger partial charge in [0, 0.05) is 5.56 Å². The molecular formula is C17H15NO. The van der Waals surface area contributed by atoms with Crippen molar-refractivity contribution in [1.82, 2.24) is 5.16 Å². The van der Waals surface area contributed by atoms with Gasteiger partial charge < -0.3 is 4.52 Å². The summed E-state index contributed by atoms with van der Waals surface area (Å²) >= 11 is 0. The third-order valence-corrected chi connectivity index (χ3v) is 3.21. The molecule has 0 saturated heterocycles. The number of rotatable bonds is 2. The van der Waals surface area contributed by atoms with Gasteiger partial charge in [-0.2, -0.15) is 0 Å². The molecule has 94 valence electrons. The van der Waals surface area contributed by atoms with Crippen LogP contribution in [0.4, 0.5) is 0 Å². The summed E-state index contributed by atoms with van der Waals surface area (Å²) in [7, 11) is 0. The number of hydrogen-bond donors (Lipinski definition) is 0. The Morgan fingerprint density at radius 3 is 2.32 bits per heavy atom. The lowest BCUT2D eigenvalue weighted by molar-refractivity contribution is 0.427. The molecule has 0 spiro atoms. The maximum absolute atomic E-state index is 5.53. The molecular weight excluding hydrogens is 234 g/mol. The molecule has 2 heteroatoms. The van der Waals surface area contributed by atoms with E-state index in [0.29, 0.717) is 0 Å². The molecule has 19 heavy (non-hydrogen) atoms. The molecule has 0 aliphatic rings. The van der Waals surface area contributed by atoms with Crippen LogP contribution < -0.4 is 0 Å². The lowest BCUT2D eigenvalue weighted by Gasteiger charge is -2.04. The van der Waals surface area contributed by atoms with Crippen LogP contribution in [-0.4, -0.2) is 5.16 Å². The molecule has 0 N–H and O–H groups in total. The minimum atomic E-state index is 0.837. The molecule has 0 bridgehead atoms. The van der Waals surface area contributed by atoms with Gasteiger partial charge in [-0.1, -0.05) is 65.3 Å². The largest absolute Gasteiger partial charge is 0.355 e. The summed E-state index contributed by atoms with van der Waals surface area (Å²) in [5.74, 6) is 0.837. The molecule has 3 aromatic rings. The van der Waals surface area contributed by atoms with E-state index >= 15 is 0 Å². The van der Waals surface area contributed by atoms with Gasteiger partial charge in [0.15, 0.2) is 5.76 Å². The van der Waals surface area contributed by atoms with Crippen molar-refractivity contribution in [3.05, 3.63) is 65.9 Å². The van der Waals surface area contributed by atoms with Gasteiger partial charge in [0.25, 0.3) is 0 Å². The summed E-state index contributed by atoms with van der Waals surface area (Å²) in [6.45, 7) is 4.07. The Morgan fingerprint density at radius 2 is 1.58 bits per heavy atom. The zero-order valence-corrected chi connectivity index (χ0v) is 11.1. The quantitative estimate of drug-likeness (QED) is 0.662. The second-order valence-electron chi connectivity index (χ2n) is 4.71. The molecule has 0 amide bonds. The molecule has 0 unspecified atom stereocenters. The second-order valence-corrected chi connectivity index (χ2v) is 4.71. The second kappa shape index (κ2) is 4.73. The molecule has 0 fully saturated rings. The van der Waals surface area contributed by atoms with Crippen LogP contribution in [0.15, 0.2) is 59.1 Å². The normalized spacial score (nSPS) is 10.6. The summed E-state index contributed by atoms with van der Waals surface area (Å²) in [5, 5.41) is 4.12. The lowest BCUT2D eigenvalue weighted by Crippen LogP contribution is -1.84. The van der Waals surface area contributed by atoms with Crippen molar-refractivity contribution in [3.63, 3.8) is 0 Å². The fourth-order valence-electron chi connectivity index (χ4n) is 2.30. The Hall–Kier alpha value is -2.35. The van der Waals surface area contributed by atoms with Gasteiger partial charge >= 0.3 is 0 Å². The van der Waals surface area contributed by atoms with E-state index in [9.17, 15) is 0 Å². The summed E-state index contributed by atoms with van der Waals surface area (Å²) < 4.78 is 5.53. The van der Waals surface area contributed by atoms with E-state index in [0.717, 1.165) is 28.1 Å². The van der Waals surface area contributed by atoms with Crippen LogP contribution in [0.3, 0.4) is 0 Å². The van der Waals surface area contributed by atoms with Crippen LogP contribution in [0.2, 0.25) is 0 Å². The highest BCUT2D eigenvalue weighted by Gasteiger charge is 2.16. The van der Waals surface area contributed by atoms with E-state index in [4.69, 9.17) is 4.52 Å². The van der Waals surface area contributed by atoms with Crippen LogP contribution in [0.5, 0.6) is 0 Å². The van der Waals surface area contributed by atoms with Crippen LogP contribution >= 0.6 is 0 Å². The van der Waals surface area contributed by atoms with Crippen molar-refractivity contribution in [2.24, 2.45) is 0 Å². The highest BCUT2D eigenvalue weighted by molar-refractivity contribution is 5.81. The van der Waals surface area contributed by atoms with Gasteiger partial charge in [0.1, 0.15) is 0 Å². The van der Waals surface area contributed by atoms with Gasteiger partial charge in [-0.25, -0.2) is 0 Å².